The summed E-state index contributed by atoms with van der Waals surface area (Å²) in [5.41, 5.74) is -0.330. The average Bonchev–Trinajstić information content (AvgIpc) is 2.54. The molecule has 0 aliphatic rings. The van der Waals surface area contributed by atoms with Gasteiger partial charge in [-0.1, -0.05) is 15.9 Å². The zero-order valence-corrected chi connectivity index (χ0v) is 14.0. The van der Waals surface area contributed by atoms with Gasteiger partial charge in [-0.25, -0.2) is 4.39 Å². The highest BCUT2D eigenvalue weighted by atomic mass is 79.9. The summed E-state index contributed by atoms with van der Waals surface area (Å²) >= 11 is 3.10. The van der Waals surface area contributed by atoms with Crippen molar-refractivity contribution in [3.8, 4) is 11.5 Å². The number of halogens is 2. The van der Waals surface area contributed by atoms with Crippen molar-refractivity contribution in [1.82, 2.24) is 0 Å². The maximum Gasteiger partial charge on any atom is 0.296 e. The van der Waals surface area contributed by atoms with E-state index in [-0.39, 0.29) is 22.9 Å². The van der Waals surface area contributed by atoms with Gasteiger partial charge in [-0.2, -0.15) is 0 Å². The Morgan fingerprint density at radius 2 is 2.08 bits per heavy atom. The summed E-state index contributed by atoms with van der Waals surface area (Å²) in [6.07, 6.45) is 0. The first-order chi connectivity index (χ1) is 11.4. The molecule has 0 spiro atoms. The smallest absolute Gasteiger partial charge is 0.296 e. The van der Waals surface area contributed by atoms with Crippen molar-refractivity contribution >= 4 is 33.2 Å². The fourth-order valence-corrected chi connectivity index (χ4v) is 2.15. The molecule has 0 bridgehead atoms. The van der Waals surface area contributed by atoms with Crippen molar-refractivity contribution in [1.29, 1.82) is 0 Å². The minimum Gasteiger partial charge on any atom is -0.496 e. The van der Waals surface area contributed by atoms with Crippen molar-refractivity contribution in [3.05, 3.63) is 56.8 Å². The number of anilines is 1. The van der Waals surface area contributed by atoms with Crippen LogP contribution in [0.2, 0.25) is 0 Å². The number of carbonyl (C=O) groups is 1. The molecule has 0 aromatic heterocycles. The molecular weight excluding hydrogens is 387 g/mol. The molecule has 0 atom stereocenters. The van der Waals surface area contributed by atoms with E-state index >= 15 is 0 Å². The highest BCUT2D eigenvalue weighted by Crippen LogP contribution is 2.29. The average molecular weight is 399 g/mol. The van der Waals surface area contributed by atoms with E-state index in [9.17, 15) is 19.3 Å². The number of carbonyl (C=O) groups excluding carboxylic acids is 1. The van der Waals surface area contributed by atoms with Crippen LogP contribution >= 0.6 is 15.9 Å². The number of amides is 1. The molecule has 2 aromatic carbocycles. The summed E-state index contributed by atoms with van der Waals surface area (Å²) in [6.45, 7) is -0.498. The Bertz CT molecular complexity index is 784. The fraction of sp³-hybridized carbons (Fsp3) is 0.133. The van der Waals surface area contributed by atoms with Crippen LogP contribution in [0.3, 0.4) is 0 Å². The second-order valence-corrected chi connectivity index (χ2v) is 5.47. The van der Waals surface area contributed by atoms with Crippen molar-refractivity contribution < 1.29 is 23.6 Å². The zero-order chi connectivity index (χ0) is 17.7. The standard InChI is InChI=1S/C15H12BrFN2O5/c1-23-10-3-4-12(13(7-10)19(21)22)18-15(20)8-24-14-5-2-9(16)6-11(14)17/h2-7H,8H2,1H3,(H,18,20). The largest absolute Gasteiger partial charge is 0.496 e. The molecule has 9 heteroatoms. The quantitative estimate of drug-likeness (QED) is 0.593. The number of nitro benzene ring substituents is 1. The van der Waals surface area contributed by atoms with E-state index in [2.05, 4.69) is 21.2 Å². The SMILES string of the molecule is COc1ccc(NC(=O)COc2ccc(Br)cc2F)c([N+](=O)[O-])c1. The molecule has 0 radical (unpaired) electrons. The van der Waals surface area contributed by atoms with E-state index in [0.717, 1.165) is 0 Å². The lowest BCUT2D eigenvalue weighted by Crippen LogP contribution is -2.21. The Morgan fingerprint density at radius 1 is 1.33 bits per heavy atom. The second kappa shape index (κ2) is 7.73. The third kappa shape index (κ3) is 4.42. The van der Waals surface area contributed by atoms with Gasteiger partial charge in [-0.05, 0) is 30.3 Å². The maximum atomic E-state index is 13.6. The predicted octanol–water partition coefficient (Wildman–Crippen LogP) is 3.52. The molecule has 2 aromatic rings. The van der Waals surface area contributed by atoms with Gasteiger partial charge >= 0.3 is 0 Å². The fourth-order valence-electron chi connectivity index (χ4n) is 1.82. The summed E-state index contributed by atoms with van der Waals surface area (Å²) in [4.78, 5) is 22.3. The van der Waals surface area contributed by atoms with E-state index in [1.807, 2.05) is 0 Å². The summed E-state index contributed by atoms with van der Waals surface area (Å²) in [5.74, 6) is -1.11. The van der Waals surface area contributed by atoms with Crippen molar-refractivity contribution in [2.75, 3.05) is 19.0 Å². The molecule has 0 aliphatic heterocycles. The van der Waals surface area contributed by atoms with Gasteiger partial charge in [-0.15, -0.1) is 0 Å². The van der Waals surface area contributed by atoms with Crippen LogP contribution in [-0.4, -0.2) is 24.5 Å². The summed E-state index contributed by atoms with van der Waals surface area (Å²) in [6, 6.07) is 8.12. The number of benzene rings is 2. The number of rotatable bonds is 6. The van der Waals surface area contributed by atoms with Gasteiger partial charge in [0.25, 0.3) is 11.6 Å². The Balaban J connectivity index is 2.05. The first-order valence-corrected chi connectivity index (χ1v) is 7.40. The molecule has 0 saturated heterocycles. The van der Waals surface area contributed by atoms with Crippen LogP contribution in [-0.2, 0) is 4.79 Å². The van der Waals surface area contributed by atoms with E-state index in [1.54, 1.807) is 6.07 Å². The number of nitro groups is 1. The Kier molecular flexibility index (Phi) is 5.69. The van der Waals surface area contributed by atoms with Crippen LogP contribution in [0.1, 0.15) is 0 Å². The van der Waals surface area contributed by atoms with Crippen molar-refractivity contribution in [2.45, 2.75) is 0 Å². The van der Waals surface area contributed by atoms with Gasteiger partial charge in [-0.3, -0.25) is 14.9 Å². The van der Waals surface area contributed by atoms with Gasteiger partial charge in [0.05, 0.1) is 18.1 Å². The minimum atomic E-state index is -0.661. The molecule has 24 heavy (non-hydrogen) atoms. The van der Waals surface area contributed by atoms with Crippen molar-refractivity contribution in [2.24, 2.45) is 0 Å². The summed E-state index contributed by atoms with van der Waals surface area (Å²) in [5, 5.41) is 13.4. The van der Waals surface area contributed by atoms with E-state index in [0.29, 0.717) is 4.47 Å². The van der Waals surface area contributed by atoms with Crippen LogP contribution in [0.4, 0.5) is 15.8 Å². The number of hydrogen-bond acceptors (Lipinski definition) is 5. The van der Waals surface area contributed by atoms with Crippen LogP contribution in [0.15, 0.2) is 40.9 Å². The van der Waals surface area contributed by atoms with Crippen LogP contribution in [0, 0.1) is 15.9 Å². The Labute approximate surface area is 144 Å². The number of methoxy groups -OCH3 is 1. The van der Waals surface area contributed by atoms with Gasteiger partial charge in [0.15, 0.2) is 18.2 Å². The maximum absolute atomic E-state index is 13.6. The molecule has 0 saturated carbocycles. The monoisotopic (exact) mass is 398 g/mol. The highest BCUT2D eigenvalue weighted by Gasteiger charge is 2.17. The first kappa shape index (κ1) is 17.7. The Hall–Kier alpha value is -2.68. The number of nitrogens with zero attached hydrogens (tertiary/aromatic N) is 1. The lowest BCUT2D eigenvalue weighted by molar-refractivity contribution is -0.384. The number of ether oxygens (including phenoxy) is 2. The topological polar surface area (TPSA) is 90.7 Å². The predicted molar refractivity (Wildman–Crippen MR) is 87.9 cm³/mol. The van der Waals surface area contributed by atoms with Crippen LogP contribution in [0.25, 0.3) is 0 Å². The summed E-state index contributed by atoms with van der Waals surface area (Å²) in [7, 11) is 1.37. The summed E-state index contributed by atoms with van der Waals surface area (Å²) < 4.78 is 24.1. The number of hydrogen-bond donors (Lipinski definition) is 1. The first-order valence-electron chi connectivity index (χ1n) is 6.61. The van der Waals surface area contributed by atoms with E-state index in [1.165, 1.54) is 37.4 Å². The van der Waals surface area contributed by atoms with E-state index in [4.69, 9.17) is 9.47 Å². The van der Waals surface area contributed by atoms with Crippen molar-refractivity contribution in [3.63, 3.8) is 0 Å². The highest BCUT2D eigenvalue weighted by molar-refractivity contribution is 9.10. The molecule has 7 nitrogen and oxygen atoms in total. The molecular formula is C15H12BrFN2O5. The minimum absolute atomic E-state index is 0.00863. The van der Waals surface area contributed by atoms with Gasteiger partial charge in [0.2, 0.25) is 0 Å². The molecule has 1 N–H and O–H groups in total. The molecule has 0 heterocycles. The molecule has 1 amide bonds. The third-order valence-corrected chi connectivity index (χ3v) is 3.42. The molecule has 126 valence electrons. The second-order valence-electron chi connectivity index (χ2n) is 4.55. The van der Waals surface area contributed by atoms with Gasteiger partial charge in [0.1, 0.15) is 11.4 Å². The van der Waals surface area contributed by atoms with Crippen LogP contribution < -0.4 is 14.8 Å². The molecule has 0 aliphatic carbocycles. The molecule has 0 unspecified atom stereocenters. The van der Waals surface area contributed by atoms with Crippen LogP contribution in [0.5, 0.6) is 11.5 Å². The zero-order valence-electron chi connectivity index (χ0n) is 12.4. The lowest BCUT2D eigenvalue weighted by Gasteiger charge is -2.09. The molecule has 0 fully saturated rings. The van der Waals surface area contributed by atoms with E-state index < -0.39 is 23.3 Å². The normalized spacial score (nSPS) is 10.1. The molecule has 2 rings (SSSR count). The van der Waals surface area contributed by atoms with Gasteiger partial charge in [0, 0.05) is 4.47 Å². The van der Waals surface area contributed by atoms with Gasteiger partial charge < -0.3 is 14.8 Å². The number of nitrogens with one attached hydrogen (secondary N) is 1. The lowest BCUT2D eigenvalue weighted by atomic mass is 10.2. The Morgan fingerprint density at radius 3 is 2.71 bits per heavy atom. The third-order valence-electron chi connectivity index (χ3n) is 2.93.